The molecule has 3 rings (SSSR count). The van der Waals surface area contributed by atoms with Crippen molar-refractivity contribution < 1.29 is 0 Å². The molecule has 1 saturated carbocycles. The molecule has 0 spiro atoms. The van der Waals surface area contributed by atoms with Gasteiger partial charge < -0.3 is 5.32 Å². The molecule has 2 aromatic rings. The zero-order valence-corrected chi connectivity index (χ0v) is 13.1. The molecular weight excluding hydrogens is 262 g/mol. The third-order valence-corrected chi connectivity index (χ3v) is 3.84. The van der Waals surface area contributed by atoms with Crippen LogP contribution in [0.5, 0.6) is 0 Å². The minimum atomic E-state index is 0.542. The first-order valence-corrected chi connectivity index (χ1v) is 7.89. The molecule has 0 atom stereocenters. The van der Waals surface area contributed by atoms with Gasteiger partial charge in [0.25, 0.3) is 0 Å². The van der Waals surface area contributed by atoms with Crippen molar-refractivity contribution in [2.75, 3.05) is 11.9 Å². The van der Waals surface area contributed by atoms with Crippen molar-refractivity contribution in [1.82, 2.24) is 19.5 Å². The number of rotatable bonds is 6. The van der Waals surface area contributed by atoms with Crippen LogP contribution in [0, 0.1) is 6.92 Å². The van der Waals surface area contributed by atoms with Crippen molar-refractivity contribution in [1.29, 1.82) is 0 Å². The molecule has 2 heterocycles. The van der Waals surface area contributed by atoms with E-state index >= 15 is 0 Å². The number of imidazole rings is 1. The summed E-state index contributed by atoms with van der Waals surface area (Å²) in [6, 6.07) is 0. The van der Waals surface area contributed by atoms with Crippen LogP contribution in [-0.4, -0.2) is 26.1 Å². The van der Waals surface area contributed by atoms with Crippen LogP contribution in [0.25, 0.3) is 5.82 Å². The predicted molar refractivity (Wildman–Crippen MR) is 84.0 cm³/mol. The molecule has 1 fully saturated rings. The van der Waals surface area contributed by atoms with Gasteiger partial charge in [-0.15, -0.1) is 0 Å². The molecule has 112 valence electrons. The fourth-order valence-electron chi connectivity index (χ4n) is 2.56. The van der Waals surface area contributed by atoms with Gasteiger partial charge >= 0.3 is 0 Å². The molecule has 2 aromatic heterocycles. The van der Waals surface area contributed by atoms with Crippen molar-refractivity contribution in [2.24, 2.45) is 0 Å². The summed E-state index contributed by atoms with van der Waals surface area (Å²) in [6.07, 6.45) is 8.32. The smallest absolute Gasteiger partial charge is 0.146 e. The first-order valence-electron chi connectivity index (χ1n) is 7.89. The van der Waals surface area contributed by atoms with Crippen LogP contribution in [0.2, 0.25) is 0 Å². The summed E-state index contributed by atoms with van der Waals surface area (Å²) in [7, 11) is 0. The lowest BCUT2D eigenvalue weighted by Crippen LogP contribution is -2.12. The molecular formula is C16H23N5. The van der Waals surface area contributed by atoms with E-state index in [9.17, 15) is 0 Å². The van der Waals surface area contributed by atoms with Crippen LogP contribution >= 0.6 is 0 Å². The van der Waals surface area contributed by atoms with Crippen LogP contribution in [-0.2, 0) is 6.42 Å². The van der Waals surface area contributed by atoms with Crippen LogP contribution in [0.4, 0.5) is 5.82 Å². The minimum absolute atomic E-state index is 0.542. The van der Waals surface area contributed by atoms with Gasteiger partial charge in [-0.2, -0.15) is 0 Å². The lowest BCUT2D eigenvalue weighted by Gasteiger charge is -2.15. The van der Waals surface area contributed by atoms with Gasteiger partial charge in [0.1, 0.15) is 23.3 Å². The van der Waals surface area contributed by atoms with Gasteiger partial charge in [0.15, 0.2) is 0 Å². The monoisotopic (exact) mass is 285 g/mol. The normalized spacial score (nSPS) is 14.4. The molecule has 0 aromatic carbocycles. The Bertz CT molecular complexity index is 628. The van der Waals surface area contributed by atoms with Crippen LogP contribution < -0.4 is 5.32 Å². The topological polar surface area (TPSA) is 55.6 Å². The van der Waals surface area contributed by atoms with Crippen molar-refractivity contribution in [3.05, 3.63) is 29.6 Å². The van der Waals surface area contributed by atoms with E-state index in [-0.39, 0.29) is 0 Å². The van der Waals surface area contributed by atoms with E-state index in [4.69, 9.17) is 9.97 Å². The highest BCUT2D eigenvalue weighted by atomic mass is 15.2. The second-order valence-corrected chi connectivity index (χ2v) is 5.65. The fraction of sp³-hybridized carbons (Fsp3) is 0.562. The number of nitrogens with one attached hydrogen (secondary N) is 1. The molecule has 5 nitrogen and oxygen atoms in total. The molecule has 1 aliphatic rings. The van der Waals surface area contributed by atoms with Crippen LogP contribution in [0.3, 0.4) is 0 Å². The Labute approximate surface area is 125 Å². The second kappa shape index (κ2) is 5.84. The lowest BCUT2D eigenvalue weighted by molar-refractivity contribution is 0.780. The van der Waals surface area contributed by atoms with Gasteiger partial charge in [0.05, 0.1) is 0 Å². The molecule has 5 heteroatoms. The highest BCUT2D eigenvalue weighted by Gasteiger charge is 2.28. The number of nitrogens with zero attached hydrogens (tertiary/aromatic N) is 4. The summed E-state index contributed by atoms with van der Waals surface area (Å²) in [4.78, 5) is 14.0. The average Bonchev–Trinajstić information content (AvgIpc) is 3.22. The molecule has 0 unspecified atom stereocenters. The summed E-state index contributed by atoms with van der Waals surface area (Å²) in [5, 5.41) is 3.37. The van der Waals surface area contributed by atoms with Gasteiger partial charge in [-0.25, -0.2) is 15.0 Å². The first-order chi connectivity index (χ1) is 10.2. The maximum absolute atomic E-state index is 4.83. The zero-order valence-electron chi connectivity index (χ0n) is 13.1. The SMILES string of the molecule is CCCc1nccn1-c1nc(C2CC2)nc(NCC)c1C. The molecule has 0 amide bonds. The Morgan fingerprint density at radius 1 is 1.29 bits per heavy atom. The Hall–Kier alpha value is -1.91. The number of aryl methyl sites for hydroxylation is 1. The molecule has 21 heavy (non-hydrogen) atoms. The van der Waals surface area contributed by atoms with Gasteiger partial charge in [0.2, 0.25) is 0 Å². The van der Waals surface area contributed by atoms with Crippen molar-refractivity contribution in [2.45, 2.75) is 52.4 Å². The molecule has 0 bridgehead atoms. The Morgan fingerprint density at radius 2 is 2.10 bits per heavy atom. The van der Waals surface area contributed by atoms with Crippen molar-refractivity contribution >= 4 is 5.82 Å². The second-order valence-electron chi connectivity index (χ2n) is 5.65. The molecule has 0 radical (unpaired) electrons. The van der Waals surface area contributed by atoms with Gasteiger partial charge in [0, 0.05) is 36.8 Å². The maximum atomic E-state index is 4.83. The summed E-state index contributed by atoms with van der Waals surface area (Å²) >= 11 is 0. The van der Waals surface area contributed by atoms with E-state index < -0.39 is 0 Å². The van der Waals surface area contributed by atoms with Crippen LogP contribution in [0.1, 0.15) is 56.2 Å². The predicted octanol–water partition coefficient (Wildman–Crippen LogP) is 3.23. The molecule has 1 N–H and O–H groups in total. The standard InChI is InChI=1S/C16H23N5/c1-4-6-13-18-9-10-21(13)16-11(3)14(17-5-2)19-15(20-16)12-7-8-12/h9-10,12H,4-8H2,1-3H3,(H,17,19,20). The number of aromatic nitrogens is 4. The molecule has 1 aliphatic carbocycles. The number of anilines is 1. The number of hydrogen-bond acceptors (Lipinski definition) is 4. The lowest BCUT2D eigenvalue weighted by atomic mass is 10.2. The average molecular weight is 285 g/mol. The fourth-order valence-corrected chi connectivity index (χ4v) is 2.56. The van der Waals surface area contributed by atoms with E-state index in [0.29, 0.717) is 5.92 Å². The number of hydrogen-bond donors (Lipinski definition) is 1. The quantitative estimate of drug-likeness (QED) is 0.885. The zero-order chi connectivity index (χ0) is 14.8. The van der Waals surface area contributed by atoms with E-state index in [1.807, 2.05) is 12.4 Å². The van der Waals surface area contributed by atoms with Crippen molar-refractivity contribution in [3.8, 4) is 5.82 Å². The van der Waals surface area contributed by atoms with E-state index in [0.717, 1.165) is 48.2 Å². The van der Waals surface area contributed by atoms with Gasteiger partial charge in [-0.05, 0) is 33.1 Å². The van der Waals surface area contributed by atoms with Crippen molar-refractivity contribution in [3.63, 3.8) is 0 Å². The van der Waals surface area contributed by atoms with E-state index in [1.54, 1.807) is 0 Å². The third kappa shape index (κ3) is 2.77. The highest BCUT2D eigenvalue weighted by molar-refractivity contribution is 5.52. The summed E-state index contributed by atoms with van der Waals surface area (Å²) in [5.41, 5.74) is 1.09. The highest BCUT2D eigenvalue weighted by Crippen LogP contribution is 2.39. The third-order valence-electron chi connectivity index (χ3n) is 3.84. The Balaban J connectivity index is 2.09. The Kier molecular flexibility index (Phi) is 3.90. The molecule has 0 aliphatic heterocycles. The molecule has 0 saturated heterocycles. The van der Waals surface area contributed by atoms with Crippen LogP contribution in [0.15, 0.2) is 12.4 Å². The maximum Gasteiger partial charge on any atom is 0.146 e. The van der Waals surface area contributed by atoms with E-state index in [1.165, 1.54) is 12.8 Å². The summed E-state index contributed by atoms with van der Waals surface area (Å²) < 4.78 is 2.12. The summed E-state index contributed by atoms with van der Waals surface area (Å²) in [5.74, 6) is 4.52. The summed E-state index contributed by atoms with van der Waals surface area (Å²) in [6.45, 7) is 7.22. The van der Waals surface area contributed by atoms with Gasteiger partial charge in [-0.3, -0.25) is 4.57 Å². The minimum Gasteiger partial charge on any atom is -0.370 e. The largest absolute Gasteiger partial charge is 0.370 e. The van der Waals surface area contributed by atoms with Gasteiger partial charge in [-0.1, -0.05) is 6.92 Å². The first kappa shape index (κ1) is 14.0. The Morgan fingerprint density at radius 3 is 2.76 bits per heavy atom. The van der Waals surface area contributed by atoms with E-state index in [2.05, 4.69) is 35.6 Å².